The van der Waals surface area contributed by atoms with Crippen LogP contribution >= 0.6 is 0 Å². The van der Waals surface area contributed by atoms with E-state index in [1.165, 1.54) is 24.3 Å². The van der Waals surface area contributed by atoms with E-state index in [9.17, 15) is 18.5 Å². The van der Waals surface area contributed by atoms with Crippen LogP contribution in [0.25, 0.3) is 0 Å². The second-order valence-corrected chi connectivity index (χ2v) is 5.96. The Balaban J connectivity index is 3.03. The van der Waals surface area contributed by atoms with Gasteiger partial charge < -0.3 is 10.2 Å². The molecule has 9 heteroatoms. The standard InChI is InChI=1S/C11H16N2O6S/c14-7-5-12(6-8-15)20(18,19)9-10-3-1-2-4-11(10)13(16)17/h1-4,14-15H,5-9H2. The number of nitrogens with zero attached hydrogens (tertiary/aromatic N) is 2. The van der Waals surface area contributed by atoms with Crippen molar-refractivity contribution < 1.29 is 23.6 Å². The zero-order valence-electron chi connectivity index (χ0n) is 10.7. The molecule has 1 aromatic rings. The van der Waals surface area contributed by atoms with Crippen molar-refractivity contribution in [2.45, 2.75) is 5.75 Å². The van der Waals surface area contributed by atoms with E-state index in [1.54, 1.807) is 0 Å². The summed E-state index contributed by atoms with van der Waals surface area (Å²) in [5.74, 6) is -0.551. The van der Waals surface area contributed by atoms with Crippen molar-refractivity contribution in [2.24, 2.45) is 0 Å². The Kier molecular flexibility index (Phi) is 6.02. The summed E-state index contributed by atoms with van der Waals surface area (Å²) in [5.41, 5.74) is -0.206. The van der Waals surface area contributed by atoms with Gasteiger partial charge in [-0.05, 0) is 0 Å². The highest BCUT2D eigenvalue weighted by atomic mass is 32.2. The van der Waals surface area contributed by atoms with Crippen LogP contribution in [-0.2, 0) is 15.8 Å². The Labute approximate surface area is 116 Å². The highest BCUT2D eigenvalue weighted by Crippen LogP contribution is 2.21. The van der Waals surface area contributed by atoms with E-state index in [1.807, 2.05) is 0 Å². The molecule has 0 aliphatic carbocycles. The van der Waals surface area contributed by atoms with Crippen LogP contribution < -0.4 is 0 Å². The zero-order chi connectivity index (χ0) is 15.2. The third kappa shape index (κ3) is 4.23. The molecule has 0 unspecified atom stereocenters. The van der Waals surface area contributed by atoms with Gasteiger partial charge in [-0.3, -0.25) is 10.1 Å². The van der Waals surface area contributed by atoms with E-state index in [2.05, 4.69) is 0 Å². The zero-order valence-corrected chi connectivity index (χ0v) is 11.5. The first kappa shape index (κ1) is 16.5. The molecule has 1 aromatic carbocycles. The van der Waals surface area contributed by atoms with E-state index in [4.69, 9.17) is 10.2 Å². The molecule has 0 atom stereocenters. The second-order valence-electron chi connectivity index (χ2n) is 3.99. The van der Waals surface area contributed by atoms with Crippen LogP contribution in [-0.4, -0.2) is 54.2 Å². The molecule has 1 rings (SSSR count). The third-order valence-electron chi connectivity index (χ3n) is 2.62. The molecule has 20 heavy (non-hydrogen) atoms. The molecule has 0 aromatic heterocycles. The number of para-hydroxylation sites is 1. The number of benzene rings is 1. The molecule has 2 N–H and O–H groups in total. The summed E-state index contributed by atoms with van der Waals surface area (Å²) in [5, 5.41) is 28.5. The first-order valence-corrected chi connectivity index (χ1v) is 7.45. The van der Waals surface area contributed by atoms with Gasteiger partial charge in [-0.2, -0.15) is 4.31 Å². The van der Waals surface area contributed by atoms with Crippen molar-refractivity contribution in [1.29, 1.82) is 0 Å². The van der Waals surface area contributed by atoms with E-state index in [0.29, 0.717) is 0 Å². The second kappa shape index (κ2) is 7.29. The smallest absolute Gasteiger partial charge is 0.273 e. The van der Waals surface area contributed by atoms with Crippen molar-refractivity contribution >= 4 is 15.7 Å². The fourth-order valence-corrected chi connectivity index (χ4v) is 3.25. The van der Waals surface area contributed by atoms with Crippen molar-refractivity contribution in [3.05, 3.63) is 39.9 Å². The lowest BCUT2D eigenvalue weighted by Gasteiger charge is -2.20. The maximum absolute atomic E-state index is 12.1. The van der Waals surface area contributed by atoms with Gasteiger partial charge in [0.15, 0.2) is 0 Å². The number of nitro benzene ring substituents is 1. The quantitative estimate of drug-likeness (QED) is 0.503. The molecular formula is C11H16N2O6S. The number of sulfonamides is 1. The van der Waals surface area contributed by atoms with E-state index >= 15 is 0 Å². The van der Waals surface area contributed by atoms with E-state index < -0.39 is 33.9 Å². The lowest BCUT2D eigenvalue weighted by molar-refractivity contribution is -0.385. The van der Waals surface area contributed by atoms with E-state index in [0.717, 1.165) is 4.31 Å². The van der Waals surface area contributed by atoms with Crippen LogP contribution in [0.2, 0.25) is 0 Å². The lowest BCUT2D eigenvalue weighted by atomic mass is 10.2. The summed E-state index contributed by atoms with van der Waals surface area (Å²) < 4.78 is 25.2. The minimum atomic E-state index is -3.85. The molecular weight excluding hydrogens is 288 g/mol. The first-order chi connectivity index (χ1) is 9.42. The molecule has 0 spiro atoms. The minimum Gasteiger partial charge on any atom is -0.395 e. The minimum absolute atomic E-state index is 0.0679. The van der Waals surface area contributed by atoms with Crippen molar-refractivity contribution in [1.82, 2.24) is 4.31 Å². The Morgan fingerprint density at radius 3 is 2.20 bits per heavy atom. The molecule has 112 valence electrons. The van der Waals surface area contributed by atoms with Gasteiger partial charge in [0.05, 0.1) is 23.9 Å². The Hall–Kier alpha value is -1.55. The first-order valence-electron chi connectivity index (χ1n) is 5.84. The van der Waals surface area contributed by atoms with Crippen LogP contribution in [0.15, 0.2) is 24.3 Å². The molecule has 0 saturated carbocycles. The summed E-state index contributed by atoms with van der Waals surface area (Å²) in [6.07, 6.45) is 0. The summed E-state index contributed by atoms with van der Waals surface area (Å²) in [6.45, 7) is -1.11. The number of nitro groups is 1. The van der Waals surface area contributed by atoms with Gasteiger partial charge in [-0.1, -0.05) is 18.2 Å². The van der Waals surface area contributed by atoms with Gasteiger partial charge in [0.2, 0.25) is 10.0 Å². The summed E-state index contributed by atoms with van der Waals surface area (Å²) in [4.78, 5) is 10.2. The summed E-state index contributed by atoms with van der Waals surface area (Å²) >= 11 is 0. The Morgan fingerprint density at radius 1 is 1.15 bits per heavy atom. The van der Waals surface area contributed by atoms with Crippen molar-refractivity contribution in [2.75, 3.05) is 26.3 Å². The van der Waals surface area contributed by atoms with Crippen LogP contribution in [0, 0.1) is 10.1 Å². The van der Waals surface area contributed by atoms with Gasteiger partial charge in [-0.25, -0.2) is 8.42 Å². The van der Waals surface area contributed by atoms with Gasteiger partial charge in [-0.15, -0.1) is 0 Å². The topological polar surface area (TPSA) is 121 Å². The number of aliphatic hydroxyl groups is 2. The van der Waals surface area contributed by atoms with Gasteiger partial charge in [0.25, 0.3) is 5.69 Å². The molecule has 0 aliphatic rings. The summed E-state index contributed by atoms with van der Waals surface area (Å²) in [6, 6.07) is 5.56. The molecule has 0 fully saturated rings. The van der Waals surface area contributed by atoms with Gasteiger partial charge >= 0.3 is 0 Å². The Bertz CT molecular complexity index is 554. The fraction of sp³-hybridized carbons (Fsp3) is 0.455. The molecule has 0 amide bonds. The molecule has 0 heterocycles. The fourth-order valence-electron chi connectivity index (χ4n) is 1.71. The monoisotopic (exact) mass is 304 g/mol. The predicted octanol–water partition coefficient (Wildman–Crippen LogP) is -0.289. The van der Waals surface area contributed by atoms with Crippen LogP contribution in [0.1, 0.15) is 5.56 Å². The Morgan fingerprint density at radius 2 is 1.70 bits per heavy atom. The van der Waals surface area contributed by atoms with Crippen LogP contribution in [0.5, 0.6) is 0 Å². The maximum Gasteiger partial charge on any atom is 0.273 e. The average Bonchev–Trinajstić information content (AvgIpc) is 2.38. The highest BCUT2D eigenvalue weighted by Gasteiger charge is 2.25. The normalized spacial score (nSPS) is 11.8. The largest absolute Gasteiger partial charge is 0.395 e. The van der Waals surface area contributed by atoms with Crippen LogP contribution in [0.3, 0.4) is 0 Å². The number of hydrogen-bond acceptors (Lipinski definition) is 6. The predicted molar refractivity (Wildman–Crippen MR) is 71.5 cm³/mol. The SMILES string of the molecule is O=[N+]([O-])c1ccccc1CS(=O)(=O)N(CCO)CCO. The van der Waals surface area contributed by atoms with Crippen molar-refractivity contribution in [3.8, 4) is 0 Å². The lowest BCUT2D eigenvalue weighted by Crippen LogP contribution is -2.36. The van der Waals surface area contributed by atoms with Crippen molar-refractivity contribution in [3.63, 3.8) is 0 Å². The number of rotatable bonds is 8. The maximum atomic E-state index is 12.1. The summed E-state index contributed by atoms with van der Waals surface area (Å²) in [7, 11) is -3.85. The van der Waals surface area contributed by atoms with Gasteiger partial charge in [0, 0.05) is 24.7 Å². The molecule has 8 nitrogen and oxygen atoms in total. The van der Waals surface area contributed by atoms with Crippen LogP contribution in [0.4, 0.5) is 5.69 Å². The molecule has 0 radical (unpaired) electrons. The van der Waals surface area contributed by atoms with E-state index in [-0.39, 0.29) is 24.3 Å². The molecule has 0 bridgehead atoms. The number of aliphatic hydroxyl groups excluding tert-OH is 2. The molecule has 0 saturated heterocycles. The highest BCUT2D eigenvalue weighted by molar-refractivity contribution is 7.88. The van der Waals surface area contributed by atoms with Gasteiger partial charge in [0.1, 0.15) is 0 Å². The average molecular weight is 304 g/mol. The number of hydrogen-bond donors (Lipinski definition) is 2. The third-order valence-corrected chi connectivity index (χ3v) is 4.45. The molecule has 0 aliphatic heterocycles.